The van der Waals surface area contributed by atoms with Gasteiger partial charge in [0.25, 0.3) is 0 Å². The molecule has 6 nitrogen and oxygen atoms in total. The van der Waals surface area contributed by atoms with Crippen LogP contribution >= 0.6 is 0 Å². The standard InChI is InChI=1S/C34H38O6/c1-33(31(35)37-23-13-5-3-6-14-23)19-21-11-9-18-26-27(21)29(39-33)25-17-10-12-22-20-34(2,40-30(26)28(22)25)32(36)38-24-15-7-4-8-16-24/h9-12,17-18,23-24H,3-8,13-16,19-20H2,1-2H3. The van der Waals surface area contributed by atoms with Crippen molar-refractivity contribution in [1.82, 2.24) is 0 Å². The third-order valence-electron chi connectivity index (χ3n) is 9.47. The Morgan fingerprint density at radius 3 is 1.45 bits per heavy atom. The average molecular weight is 543 g/mol. The average Bonchev–Trinajstić information content (AvgIpc) is 2.96. The number of esters is 2. The van der Waals surface area contributed by atoms with Gasteiger partial charge in [-0.3, -0.25) is 0 Å². The lowest BCUT2D eigenvalue weighted by Crippen LogP contribution is -2.49. The van der Waals surface area contributed by atoms with Gasteiger partial charge in [0.15, 0.2) is 0 Å². The fraction of sp³-hybridized carbons (Fsp3) is 0.529. The minimum absolute atomic E-state index is 0.0328. The second-order valence-electron chi connectivity index (χ2n) is 12.7. The summed E-state index contributed by atoms with van der Waals surface area (Å²) in [5, 5.41) is 3.67. The maximum Gasteiger partial charge on any atom is 0.350 e. The molecule has 2 aliphatic carbocycles. The summed E-state index contributed by atoms with van der Waals surface area (Å²) in [6.07, 6.45) is 11.2. The van der Waals surface area contributed by atoms with Gasteiger partial charge in [-0.2, -0.15) is 0 Å². The van der Waals surface area contributed by atoms with Crippen LogP contribution in [0.25, 0.3) is 21.5 Å². The van der Waals surface area contributed by atoms with E-state index in [2.05, 4.69) is 12.1 Å². The first-order chi connectivity index (χ1) is 19.3. The summed E-state index contributed by atoms with van der Waals surface area (Å²) in [5.74, 6) is 0.795. The van der Waals surface area contributed by atoms with Crippen LogP contribution in [0.3, 0.4) is 0 Å². The largest absolute Gasteiger partial charge is 0.474 e. The maximum absolute atomic E-state index is 13.6. The number of carbonyl (C=O) groups is 2. The Bertz CT molecular complexity index is 1380. The second kappa shape index (κ2) is 9.67. The van der Waals surface area contributed by atoms with E-state index >= 15 is 0 Å². The van der Waals surface area contributed by atoms with Crippen molar-refractivity contribution in [3.63, 3.8) is 0 Å². The Balaban J connectivity index is 1.27. The summed E-state index contributed by atoms with van der Waals surface area (Å²) < 4.78 is 25.4. The molecule has 2 saturated carbocycles. The summed E-state index contributed by atoms with van der Waals surface area (Å²) in [4.78, 5) is 27.1. The van der Waals surface area contributed by atoms with Crippen molar-refractivity contribution in [1.29, 1.82) is 0 Å². The van der Waals surface area contributed by atoms with Crippen molar-refractivity contribution in [3.05, 3.63) is 47.5 Å². The molecule has 210 valence electrons. The molecule has 0 bridgehead atoms. The van der Waals surface area contributed by atoms with E-state index in [4.69, 9.17) is 18.9 Å². The molecular formula is C34H38O6. The minimum atomic E-state index is -1.12. The zero-order chi connectivity index (χ0) is 27.5. The van der Waals surface area contributed by atoms with Gasteiger partial charge in [0.05, 0.1) is 0 Å². The molecular weight excluding hydrogens is 504 g/mol. The quantitative estimate of drug-likeness (QED) is 0.258. The normalized spacial score (nSPS) is 26.6. The third kappa shape index (κ3) is 4.22. The van der Waals surface area contributed by atoms with Gasteiger partial charge in [-0.25, -0.2) is 9.59 Å². The van der Waals surface area contributed by atoms with Crippen molar-refractivity contribution in [2.75, 3.05) is 0 Å². The van der Waals surface area contributed by atoms with Crippen LogP contribution in [0, 0.1) is 0 Å². The molecule has 0 N–H and O–H groups in total. The highest BCUT2D eigenvalue weighted by Crippen LogP contribution is 2.52. The van der Waals surface area contributed by atoms with Gasteiger partial charge < -0.3 is 18.9 Å². The lowest BCUT2D eigenvalue weighted by Gasteiger charge is -2.39. The summed E-state index contributed by atoms with van der Waals surface area (Å²) in [5.41, 5.74) is -0.198. The van der Waals surface area contributed by atoms with Gasteiger partial charge in [0.1, 0.15) is 23.7 Å². The van der Waals surface area contributed by atoms with Gasteiger partial charge in [-0.05, 0) is 76.3 Å². The minimum Gasteiger partial charge on any atom is -0.474 e. The van der Waals surface area contributed by atoms with E-state index in [-0.39, 0.29) is 24.1 Å². The first-order valence-electron chi connectivity index (χ1n) is 15.1. The lowest BCUT2D eigenvalue weighted by molar-refractivity contribution is -0.168. The lowest BCUT2D eigenvalue weighted by atomic mass is 9.83. The number of hydrogen-bond donors (Lipinski definition) is 0. The van der Waals surface area contributed by atoms with Crippen LogP contribution in [0.1, 0.15) is 89.2 Å². The molecule has 0 aromatic heterocycles. The molecule has 6 heteroatoms. The van der Waals surface area contributed by atoms with Crippen LogP contribution in [0.5, 0.6) is 11.5 Å². The Morgan fingerprint density at radius 2 is 1.05 bits per heavy atom. The van der Waals surface area contributed by atoms with Gasteiger partial charge in [0, 0.05) is 34.4 Å². The van der Waals surface area contributed by atoms with E-state index in [0.29, 0.717) is 24.3 Å². The SMILES string of the molecule is CC1(C(=O)OC2CCCCC2)Cc2cccc3c4c5c(cccc5c(c23)O1)CC(C)(C(=O)OC1CCCCC1)O4. The summed E-state index contributed by atoms with van der Waals surface area (Å²) >= 11 is 0. The van der Waals surface area contributed by atoms with Crippen LogP contribution in [0.2, 0.25) is 0 Å². The van der Waals surface area contributed by atoms with E-state index in [1.807, 2.05) is 38.1 Å². The molecule has 7 rings (SSSR count). The van der Waals surface area contributed by atoms with Crippen molar-refractivity contribution in [3.8, 4) is 11.5 Å². The molecule has 4 aliphatic rings. The number of carbonyl (C=O) groups excluding carboxylic acids is 2. The van der Waals surface area contributed by atoms with Crippen LogP contribution in [-0.2, 0) is 31.9 Å². The molecule has 40 heavy (non-hydrogen) atoms. The van der Waals surface area contributed by atoms with Crippen molar-refractivity contribution >= 4 is 33.5 Å². The predicted octanol–water partition coefficient (Wildman–Crippen LogP) is 7.13. The van der Waals surface area contributed by atoms with Gasteiger partial charge >= 0.3 is 11.9 Å². The first kappa shape index (κ1) is 25.7. The molecule has 3 aromatic carbocycles. The van der Waals surface area contributed by atoms with E-state index in [9.17, 15) is 9.59 Å². The molecule has 0 amide bonds. The van der Waals surface area contributed by atoms with Crippen LogP contribution in [0.4, 0.5) is 0 Å². The van der Waals surface area contributed by atoms with E-state index in [1.54, 1.807) is 0 Å². The van der Waals surface area contributed by atoms with E-state index < -0.39 is 11.2 Å². The molecule has 2 heterocycles. The molecule has 2 atom stereocenters. The summed E-state index contributed by atoms with van der Waals surface area (Å²) in [6.45, 7) is 3.70. The maximum atomic E-state index is 13.6. The highest BCUT2D eigenvalue weighted by molar-refractivity contribution is 6.14. The predicted molar refractivity (Wildman–Crippen MR) is 153 cm³/mol. The number of rotatable bonds is 4. The van der Waals surface area contributed by atoms with Crippen LogP contribution in [0.15, 0.2) is 36.4 Å². The zero-order valence-electron chi connectivity index (χ0n) is 23.6. The zero-order valence-corrected chi connectivity index (χ0v) is 23.6. The Morgan fingerprint density at radius 1 is 0.650 bits per heavy atom. The van der Waals surface area contributed by atoms with Gasteiger partial charge in [-0.1, -0.05) is 49.2 Å². The number of benzene rings is 3. The Kier molecular flexibility index (Phi) is 6.21. The summed E-state index contributed by atoms with van der Waals surface area (Å²) in [7, 11) is 0. The van der Waals surface area contributed by atoms with Crippen molar-refractivity contribution in [2.45, 2.75) is 114 Å². The third-order valence-corrected chi connectivity index (χ3v) is 9.47. The van der Waals surface area contributed by atoms with Gasteiger partial charge in [-0.15, -0.1) is 0 Å². The number of fused-ring (bicyclic) bond motifs is 2. The molecule has 2 aliphatic heterocycles. The first-order valence-corrected chi connectivity index (χ1v) is 15.1. The van der Waals surface area contributed by atoms with E-state index in [1.165, 1.54) is 12.8 Å². The van der Waals surface area contributed by atoms with Crippen LogP contribution in [-0.4, -0.2) is 35.3 Å². The van der Waals surface area contributed by atoms with Crippen molar-refractivity contribution in [2.24, 2.45) is 0 Å². The summed E-state index contributed by atoms with van der Waals surface area (Å²) in [6, 6.07) is 12.2. The molecule has 0 radical (unpaired) electrons. The van der Waals surface area contributed by atoms with Crippen LogP contribution < -0.4 is 9.47 Å². The van der Waals surface area contributed by atoms with Gasteiger partial charge in [0.2, 0.25) is 11.2 Å². The highest BCUT2D eigenvalue weighted by Gasteiger charge is 2.47. The number of hydrogen-bond acceptors (Lipinski definition) is 6. The molecule has 0 spiro atoms. The monoisotopic (exact) mass is 542 g/mol. The molecule has 3 aromatic rings. The molecule has 0 saturated heterocycles. The Hall–Kier alpha value is -3.28. The molecule has 2 unspecified atom stereocenters. The smallest absolute Gasteiger partial charge is 0.350 e. The second-order valence-corrected chi connectivity index (χ2v) is 12.7. The fourth-order valence-electron chi connectivity index (χ4n) is 7.29. The fourth-order valence-corrected chi connectivity index (χ4v) is 7.29. The van der Waals surface area contributed by atoms with Crippen molar-refractivity contribution < 1.29 is 28.5 Å². The topological polar surface area (TPSA) is 71.1 Å². The van der Waals surface area contributed by atoms with E-state index in [0.717, 1.165) is 84.0 Å². The highest BCUT2D eigenvalue weighted by atomic mass is 16.6. The molecule has 2 fully saturated rings. The Labute approximate surface area is 235 Å². The number of ether oxygens (including phenoxy) is 4.